The van der Waals surface area contributed by atoms with Crippen LogP contribution in [0.3, 0.4) is 0 Å². The lowest BCUT2D eigenvalue weighted by Crippen LogP contribution is -2.27. The molecule has 16 heteroatoms. The number of fused-ring (bicyclic) bond motifs is 3. The van der Waals surface area contributed by atoms with Gasteiger partial charge < -0.3 is 15.2 Å². The number of hydrogen-bond acceptors (Lipinski definition) is 12. The number of nitrogens with zero attached hydrogens (tertiary/aromatic N) is 7. The summed E-state index contributed by atoms with van der Waals surface area (Å²) >= 11 is 0. The van der Waals surface area contributed by atoms with E-state index in [1.807, 2.05) is 26.8 Å². The summed E-state index contributed by atoms with van der Waals surface area (Å²) in [6, 6.07) is 14.8. The van der Waals surface area contributed by atoms with Gasteiger partial charge in [0.15, 0.2) is 0 Å². The number of ether oxygens (including phenoxy) is 2. The number of nitrogens with two attached hydrogens (primary N) is 1. The summed E-state index contributed by atoms with van der Waals surface area (Å²) in [6.45, 7) is 11.2. The molecule has 0 atom stereocenters. The Balaban J connectivity index is 0.000000166. The van der Waals surface area contributed by atoms with E-state index in [-0.39, 0.29) is 16.3 Å². The zero-order chi connectivity index (χ0) is 35.4. The molecule has 48 heavy (non-hydrogen) atoms. The summed E-state index contributed by atoms with van der Waals surface area (Å²) in [5, 5.41) is 30.3. The van der Waals surface area contributed by atoms with Gasteiger partial charge in [0.05, 0.1) is 50.8 Å². The molecule has 3 aromatic carbocycles. The summed E-state index contributed by atoms with van der Waals surface area (Å²) in [5.41, 5.74) is 7.83. The minimum atomic E-state index is -0.664. The molecule has 0 saturated heterocycles. The zero-order valence-electron chi connectivity index (χ0n) is 27.1. The van der Waals surface area contributed by atoms with E-state index in [1.165, 1.54) is 29.1 Å². The Morgan fingerprint density at radius 1 is 0.750 bits per heavy atom. The van der Waals surface area contributed by atoms with Gasteiger partial charge in [-0.1, -0.05) is 24.3 Å². The average Bonchev–Trinajstić information content (AvgIpc) is 3.74. The first-order valence-corrected chi connectivity index (χ1v) is 14.5. The van der Waals surface area contributed by atoms with E-state index in [0.717, 1.165) is 15.6 Å². The quantitative estimate of drug-likeness (QED) is 0.120. The predicted octanol–water partition coefficient (Wildman–Crippen LogP) is 6.66. The molecule has 0 fully saturated rings. The number of nitro groups is 2. The number of nitrogen functional groups attached to an aromatic ring is 1. The van der Waals surface area contributed by atoms with Crippen LogP contribution in [-0.4, -0.2) is 59.0 Å². The highest BCUT2D eigenvalue weighted by Gasteiger charge is 2.23. The fraction of sp³-hybridized carbons (Fsp3) is 0.281. The number of rotatable bonds is 2. The van der Waals surface area contributed by atoms with Gasteiger partial charge in [-0.05, 0) is 65.3 Å². The van der Waals surface area contributed by atoms with Crippen LogP contribution in [0, 0.1) is 20.2 Å². The summed E-state index contributed by atoms with van der Waals surface area (Å²) in [7, 11) is 0. The van der Waals surface area contributed by atoms with Crippen LogP contribution < -0.4 is 5.73 Å². The summed E-state index contributed by atoms with van der Waals surface area (Å²) < 4.78 is 12.7. The second-order valence-corrected chi connectivity index (χ2v) is 12.4. The molecule has 16 nitrogen and oxygen atoms in total. The zero-order valence-corrected chi connectivity index (χ0v) is 27.1. The number of aliphatic imine (C=N–C) groups is 1. The van der Waals surface area contributed by atoms with Crippen LogP contribution >= 0.6 is 0 Å². The standard InChI is InChI=1S/C12H13N3O4.C12H15N3O2.C8H6N2O2/c1-12(2,3)19-11(16)14-9-5-4-6-10(15(17)18)8(9)7-13-14;1-12(2,3)17-11(16)15-10-6-4-5-9(13)8(10)7-14-15;11-10(12)8-3-1-2-6-4-9-5-7(6)8/h4-7H,1-3H3;4-7H,13H2,1-3H3;1-3,5H,4H2. The number of aromatic nitrogens is 4. The third kappa shape index (κ3) is 8.14. The van der Waals surface area contributed by atoms with Gasteiger partial charge in [0.1, 0.15) is 11.2 Å². The van der Waals surface area contributed by atoms with Crippen molar-refractivity contribution in [3.63, 3.8) is 0 Å². The Morgan fingerprint density at radius 3 is 1.77 bits per heavy atom. The van der Waals surface area contributed by atoms with Crippen molar-refractivity contribution in [3.8, 4) is 0 Å². The highest BCUT2D eigenvalue weighted by molar-refractivity contribution is 5.95. The fourth-order valence-electron chi connectivity index (χ4n) is 4.45. The van der Waals surface area contributed by atoms with Crippen molar-refractivity contribution >= 4 is 57.3 Å². The van der Waals surface area contributed by atoms with Crippen LogP contribution in [0.4, 0.5) is 26.7 Å². The Hall–Kier alpha value is -6.19. The number of non-ortho nitro benzene ring substituents is 1. The number of carbonyl (C=O) groups excluding carboxylic acids is 2. The van der Waals surface area contributed by atoms with E-state index in [2.05, 4.69) is 15.2 Å². The van der Waals surface area contributed by atoms with Crippen molar-refractivity contribution in [1.82, 2.24) is 19.6 Å². The monoisotopic (exact) mass is 658 g/mol. The maximum Gasteiger partial charge on any atom is 0.435 e. The van der Waals surface area contributed by atoms with Crippen molar-refractivity contribution in [2.75, 3.05) is 5.73 Å². The molecule has 0 aliphatic carbocycles. The number of benzene rings is 3. The van der Waals surface area contributed by atoms with E-state index in [4.69, 9.17) is 15.2 Å². The average molecular weight is 659 g/mol. The molecule has 0 radical (unpaired) electrons. The van der Waals surface area contributed by atoms with Gasteiger partial charge in [-0.25, -0.2) is 9.59 Å². The first kappa shape index (κ1) is 34.7. The predicted molar refractivity (Wildman–Crippen MR) is 178 cm³/mol. The molecule has 1 aliphatic rings. The second-order valence-electron chi connectivity index (χ2n) is 12.4. The van der Waals surface area contributed by atoms with Crippen molar-refractivity contribution in [1.29, 1.82) is 0 Å². The van der Waals surface area contributed by atoms with Gasteiger partial charge in [0, 0.05) is 29.4 Å². The summed E-state index contributed by atoms with van der Waals surface area (Å²) in [5.74, 6) is 0. The minimum absolute atomic E-state index is 0.0905. The lowest BCUT2D eigenvalue weighted by atomic mass is 10.1. The Morgan fingerprint density at radius 2 is 1.23 bits per heavy atom. The van der Waals surface area contributed by atoms with Crippen LogP contribution in [0.5, 0.6) is 0 Å². The van der Waals surface area contributed by atoms with Crippen LogP contribution in [0.25, 0.3) is 21.8 Å². The van der Waals surface area contributed by atoms with E-state index < -0.39 is 28.3 Å². The van der Waals surface area contributed by atoms with E-state index in [1.54, 1.807) is 63.5 Å². The molecule has 2 N–H and O–H groups in total. The molecule has 5 aromatic rings. The highest BCUT2D eigenvalue weighted by atomic mass is 16.6. The third-order valence-electron chi connectivity index (χ3n) is 6.42. The largest absolute Gasteiger partial charge is 0.442 e. The summed E-state index contributed by atoms with van der Waals surface area (Å²) in [4.78, 5) is 48.3. The van der Waals surface area contributed by atoms with Gasteiger partial charge in [-0.2, -0.15) is 19.6 Å². The lowest BCUT2D eigenvalue weighted by Gasteiger charge is -2.19. The van der Waals surface area contributed by atoms with Gasteiger partial charge in [0.25, 0.3) is 11.4 Å². The molecule has 2 aromatic heterocycles. The Kier molecular flexibility index (Phi) is 9.87. The van der Waals surface area contributed by atoms with Crippen LogP contribution in [-0.2, 0) is 16.0 Å². The van der Waals surface area contributed by atoms with E-state index >= 15 is 0 Å². The second kappa shape index (κ2) is 13.7. The first-order valence-electron chi connectivity index (χ1n) is 14.5. The van der Waals surface area contributed by atoms with Gasteiger partial charge >= 0.3 is 12.2 Å². The third-order valence-corrected chi connectivity index (χ3v) is 6.42. The van der Waals surface area contributed by atoms with Crippen molar-refractivity contribution < 1.29 is 28.9 Å². The normalized spacial score (nSPS) is 12.0. The molecule has 3 heterocycles. The van der Waals surface area contributed by atoms with Crippen LogP contribution in [0.15, 0.2) is 72.0 Å². The Labute approximate surface area is 274 Å². The van der Waals surface area contributed by atoms with Crippen LogP contribution in [0.2, 0.25) is 0 Å². The lowest BCUT2D eigenvalue weighted by molar-refractivity contribution is -0.385. The van der Waals surface area contributed by atoms with Crippen molar-refractivity contribution in [2.45, 2.75) is 59.3 Å². The van der Waals surface area contributed by atoms with E-state index in [0.29, 0.717) is 34.2 Å². The SMILES string of the molecule is CC(C)(C)OC(=O)n1ncc2c(N)cccc21.CC(C)(C)OC(=O)n1ncc2c([N+](=O)[O-])cccc21.O=[N+]([O-])c1cccc2c1C=NC2. The molecule has 0 unspecified atom stereocenters. The molecule has 0 spiro atoms. The number of carbonyl (C=O) groups is 2. The number of anilines is 1. The maximum atomic E-state index is 11.9. The van der Waals surface area contributed by atoms with Gasteiger partial charge in [-0.15, -0.1) is 0 Å². The summed E-state index contributed by atoms with van der Waals surface area (Å²) in [6.07, 6.45) is 3.25. The topological polar surface area (TPSA) is 213 Å². The van der Waals surface area contributed by atoms with E-state index in [9.17, 15) is 29.8 Å². The molecule has 0 amide bonds. The molecule has 1 aliphatic heterocycles. The fourth-order valence-corrected chi connectivity index (χ4v) is 4.45. The molecule has 6 rings (SSSR count). The van der Waals surface area contributed by atoms with Crippen molar-refractivity contribution in [3.05, 3.63) is 98.3 Å². The molecular formula is C32H34N8O8. The Bertz CT molecular complexity index is 2050. The smallest absolute Gasteiger partial charge is 0.435 e. The number of hydrogen-bond donors (Lipinski definition) is 1. The first-order chi connectivity index (χ1) is 22.5. The van der Waals surface area contributed by atoms with Crippen LogP contribution in [0.1, 0.15) is 52.7 Å². The molecule has 0 saturated carbocycles. The van der Waals surface area contributed by atoms with Gasteiger partial charge in [-0.3, -0.25) is 25.2 Å². The molecule has 250 valence electrons. The van der Waals surface area contributed by atoms with Gasteiger partial charge in [0.2, 0.25) is 0 Å². The number of nitro benzene ring substituents is 2. The maximum absolute atomic E-state index is 11.9. The molecule has 0 bridgehead atoms. The highest BCUT2D eigenvalue weighted by Crippen LogP contribution is 2.26. The van der Waals surface area contributed by atoms with Crippen molar-refractivity contribution in [2.24, 2.45) is 4.99 Å². The molecular weight excluding hydrogens is 624 g/mol. The minimum Gasteiger partial charge on any atom is -0.442 e.